The second kappa shape index (κ2) is 6.44. The molecule has 0 nitrogen and oxygen atoms in total. The summed E-state index contributed by atoms with van der Waals surface area (Å²) >= 11 is 0. The van der Waals surface area contributed by atoms with E-state index in [0.717, 1.165) is 37.8 Å². The number of alkyl halides is 1. The van der Waals surface area contributed by atoms with E-state index >= 15 is 0 Å². The second-order valence-corrected chi connectivity index (χ2v) is 5.64. The third kappa shape index (κ3) is 3.31. The zero-order valence-corrected chi connectivity index (χ0v) is 11.3. The van der Waals surface area contributed by atoms with Crippen LogP contribution in [0.15, 0.2) is 18.2 Å². The van der Waals surface area contributed by atoms with Gasteiger partial charge in [0.15, 0.2) is 11.6 Å². The molecule has 0 spiro atoms. The largest absolute Gasteiger partial charge is 0.250 e. The quantitative estimate of drug-likeness (QED) is 0.702. The van der Waals surface area contributed by atoms with Crippen LogP contribution in [0.4, 0.5) is 13.2 Å². The normalized spacial score (nSPS) is 25.3. The molecule has 3 heteroatoms. The minimum atomic E-state index is -0.876. The first-order valence-electron chi connectivity index (χ1n) is 7.16. The number of halogens is 3. The van der Waals surface area contributed by atoms with E-state index in [4.69, 9.17) is 0 Å². The number of hydrogen-bond acceptors (Lipinski definition) is 0. The molecule has 1 aromatic rings. The van der Waals surface area contributed by atoms with Crippen LogP contribution in [-0.4, -0.2) is 6.67 Å². The first-order valence-corrected chi connectivity index (χ1v) is 7.16. The van der Waals surface area contributed by atoms with Gasteiger partial charge in [0.2, 0.25) is 0 Å². The maximum absolute atomic E-state index is 13.4. The van der Waals surface area contributed by atoms with Gasteiger partial charge in [0.25, 0.3) is 0 Å². The summed E-state index contributed by atoms with van der Waals surface area (Å²) < 4.78 is 39.6. The molecule has 0 aromatic heterocycles. The molecule has 0 radical (unpaired) electrons. The Labute approximate surface area is 113 Å². The summed E-state index contributed by atoms with van der Waals surface area (Å²) in [5.74, 6) is -1.12. The van der Waals surface area contributed by atoms with Crippen molar-refractivity contribution in [3.8, 4) is 0 Å². The maximum Gasteiger partial charge on any atom is 0.159 e. The lowest BCUT2D eigenvalue weighted by molar-refractivity contribution is 0.207. The Hall–Kier alpha value is -0.990. The zero-order chi connectivity index (χ0) is 13.8. The SMILES string of the molecule is CCC1CCCC(C(CF)c2ccc(F)c(F)c2)C1. The highest BCUT2D eigenvalue weighted by Crippen LogP contribution is 2.40. The standard InChI is InChI=1S/C16H21F3/c1-2-11-4-3-5-12(8-11)14(10-17)13-6-7-15(18)16(19)9-13/h6-7,9,11-12,14H,2-5,8,10H2,1H3. The first kappa shape index (κ1) is 14.4. The summed E-state index contributed by atoms with van der Waals surface area (Å²) in [6, 6.07) is 3.79. The van der Waals surface area contributed by atoms with Crippen LogP contribution in [0.3, 0.4) is 0 Å². The van der Waals surface area contributed by atoms with E-state index in [2.05, 4.69) is 6.92 Å². The Morgan fingerprint density at radius 2 is 2.00 bits per heavy atom. The molecule has 1 aliphatic rings. The Balaban J connectivity index is 2.16. The van der Waals surface area contributed by atoms with Crippen molar-refractivity contribution in [2.45, 2.75) is 44.9 Å². The monoisotopic (exact) mass is 270 g/mol. The molecule has 0 aliphatic heterocycles. The minimum Gasteiger partial charge on any atom is -0.250 e. The van der Waals surface area contributed by atoms with E-state index in [9.17, 15) is 13.2 Å². The first-order chi connectivity index (χ1) is 9.15. The third-order valence-electron chi connectivity index (χ3n) is 4.51. The van der Waals surface area contributed by atoms with Gasteiger partial charge < -0.3 is 0 Å². The van der Waals surface area contributed by atoms with Gasteiger partial charge in [-0.1, -0.05) is 32.3 Å². The highest BCUT2D eigenvalue weighted by Gasteiger charge is 2.29. The predicted octanol–water partition coefficient (Wildman–Crippen LogP) is 5.23. The van der Waals surface area contributed by atoms with Crippen molar-refractivity contribution in [1.29, 1.82) is 0 Å². The van der Waals surface area contributed by atoms with Gasteiger partial charge in [-0.25, -0.2) is 8.78 Å². The van der Waals surface area contributed by atoms with Crippen molar-refractivity contribution in [3.05, 3.63) is 35.4 Å². The topological polar surface area (TPSA) is 0 Å². The average molecular weight is 270 g/mol. The fourth-order valence-corrected chi connectivity index (χ4v) is 3.30. The fraction of sp³-hybridized carbons (Fsp3) is 0.625. The number of benzene rings is 1. The second-order valence-electron chi connectivity index (χ2n) is 5.64. The molecule has 1 aromatic carbocycles. The lowest BCUT2D eigenvalue weighted by Crippen LogP contribution is -2.23. The van der Waals surface area contributed by atoms with Crippen molar-refractivity contribution < 1.29 is 13.2 Å². The third-order valence-corrected chi connectivity index (χ3v) is 4.51. The van der Waals surface area contributed by atoms with E-state index in [1.54, 1.807) is 0 Å². The number of rotatable bonds is 4. The van der Waals surface area contributed by atoms with Crippen LogP contribution >= 0.6 is 0 Å². The van der Waals surface area contributed by atoms with Gasteiger partial charge in [-0.05, 0) is 42.4 Å². The molecule has 0 heterocycles. The van der Waals surface area contributed by atoms with Crippen molar-refractivity contribution in [1.82, 2.24) is 0 Å². The summed E-state index contributed by atoms with van der Waals surface area (Å²) in [5, 5.41) is 0. The molecular weight excluding hydrogens is 249 g/mol. The maximum atomic E-state index is 13.4. The van der Waals surface area contributed by atoms with Gasteiger partial charge in [0, 0.05) is 5.92 Å². The van der Waals surface area contributed by atoms with Gasteiger partial charge in [-0.3, -0.25) is 4.39 Å². The lowest BCUT2D eigenvalue weighted by Gasteiger charge is -2.33. The molecule has 1 fully saturated rings. The summed E-state index contributed by atoms with van der Waals surface area (Å²) in [7, 11) is 0. The fourth-order valence-electron chi connectivity index (χ4n) is 3.30. The summed E-state index contributed by atoms with van der Waals surface area (Å²) in [6.45, 7) is 1.67. The Kier molecular flexibility index (Phi) is 4.89. The molecule has 2 rings (SSSR count). The van der Waals surface area contributed by atoms with E-state index in [1.807, 2.05) is 0 Å². The predicted molar refractivity (Wildman–Crippen MR) is 70.8 cm³/mol. The molecule has 0 amide bonds. The summed E-state index contributed by atoms with van der Waals surface area (Å²) in [6.07, 6.45) is 5.44. The Bertz CT molecular complexity index is 416. The molecule has 3 unspecified atom stereocenters. The molecule has 1 aliphatic carbocycles. The molecule has 1 saturated carbocycles. The molecule has 19 heavy (non-hydrogen) atoms. The van der Waals surface area contributed by atoms with Gasteiger partial charge in [0.05, 0.1) is 6.67 Å². The average Bonchev–Trinajstić information content (AvgIpc) is 2.44. The highest BCUT2D eigenvalue weighted by molar-refractivity contribution is 5.23. The zero-order valence-electron chi connectivity index (χ0n) is 11.3. The van der Waals surface area contributed by atoms with Crippen molar-refractivity contribution in [2.75, 3.05) is 6.67 Å². The summed E-state index contributed by atoms with van der Waals surface area (Å²) in [4.78, 5) is 0. The van der Waals surface area contributed by atoms with Crippen LogP contribution < -0.4 is 0 Å². The number of hydrogen-bond donors (Lipinski definition) is 0. The van der Waals surface area contributed by atoms with Crippen LogP contribution in [-0.2, 0) is 0 Å². The Morgan fingerprint density at radius 3 is 2.63 bits per heavy atom. The van der Waals surface area contributed by atoms with Gasteiger partial charge in [-0.15, -0.1) is 0 Å². The van der Waals surface area contributed by atoms with Crippen molar-refractivity contribution >= 4 is 0 Å². The molecule has 0 bridgehead atoms. The van der Waals surface area contributed by atoms with E-state index in [-0.39, 0.29) is 11.8 Å². The Morgan fingerprint density at radius 1 is 1.21 bits per heavy atom. The molecular formula is C16H21F3. The molecule has 0 N–H and O–H groups in total. The smallest absolute Gasteiger partial charge is 0.159 e. The van der Waals surface area contributed by atoms with E-state index < -0.39 is 18.3 Å². The highest BCUT2D eigenvalue weighted by atomic mass is 19.2. The van der Waals surface area contributed by atoms with Crippen LogP contribution in [0, 0.1) is 23.5 Å². The molecule has 0 saturated heterocycles. The van der Waals surface area contributed by atoms with E-state index in [1.165, 1.54) is 12.5 Å². The minimum absolute atomic E-state index is 0.258. The van der Waals surface area contributed by atoms with E-state index in [0.29, 0.717) is 11.5 Å². The van der Waals surface area contributed by atoms with Crippen LogP contribution in [0.25, 0.3) is 0 Å². The lowest BCUT2D eigenvalue weighted by atomic mass is 9.72. The van der Waals surface area contributed by atoms with Crippen LogP contribution in [0.5, 0.6) is 0 Å². The summed E-state index contributed by atoms with van der Waals surface area (Å²) in [5.41, 5.74) is 0.600. The van der Waals surface area contributed by atoms with Crippen molar-refractivity contribution in [3.63, 3.8) is 0 Å². The molecule has 3 atom stereocenters. The van der Waals surface area contributed by atoms with Gasteiger partial charge >= 0.3 is 0 Å². The van der Waals surface area contributed by atoms with Crippen LogP contribution in [0.1, 0.15) is 50.5 Å². The van der Waals surface area contributed by atoms with Crippen molar-refractivity contribution in [2.24, 2.45) is 11.8 Å². The van der Waals surface area contributed by atoms with Crippen LogP contribution in [0.2, 0.25) is 0 Å². The van der Waals surface area contributed by atoms with Gasteiger partial charge in [-0.2, -0.15) is 0 Å². The molecule has 106 valence electrons. The van der Waals surface area contributed by atoms with Gasteiger partial charge in [0.1, 0.15) is 0 Å².